The maximum atomic E-state index is 13.6. The van der Waals surface area contributed by atoms with Crippen molar-refractivity contribution in [3.63, 3.8) is 0 Å². The first-order valence-electron chi connectivity index (χ1n) is 9.83. The van der Waals surface area contributed by atoms with Crippen LogP contribution in [0.15, 0.2) is 42.7 Å². The molecule has 30 heavy (non-hydrogen) atoms. The number of nitrogens with zero attached hydrogens (tertiary/aromatic N) is 3. The molecule has 0 aliphatic carbocycles. The second-order valence-corrected chi connectivity index (χ2v) is 7.94. The van der Waals surface area contributed by atoms with Gasteiger partial charge in [-0.25, -0.2) is 5.43 Å². The monoisotopic (exact) mass is 419 g/mol. The van der Waals surface area contributed by atoms with Crippen molar-refractivity contribution < 1.29 is 18.0 Å². The van der Waals surface area contributed by atoms with Crippen molar-refractivity contribution in [2.75, 3.05) is 13.6 Å². The smallest absolute Gasteiger partial charge is 0.298 e. The van der Waals surface area contributed by atoms with E-state index in [2.05, 4.69) is 20.7 Å². The highest BCUT2D eigenvalue weighted by molar-refractivity contribution is 5.80. The van der Waals surface area contributed by atoms with E-state index in [9.17, 15) is 18.0 Å². The normalized spacial score (nSPS) is 22.2. The number of amides is 1. The Labute approximate surface area is 173 Å². The zero-order valence-electron chi connectivity index (χ0n) is 16.6. The summed E-state index contributed by atoms with van der Waals surface area (Å²) in [7, 11) is 2.02. The van der Waals surface area contributed by atoms with Gasteiger partial charge in [-0.15, -0.1) is 0 Å². The summed E-state index contributed by atoms with van der Waals surface area (Å²) >= 11 is 0. The zero-order valence-corrected chi connectivity index (χ0v) is 16.6. The molecule has 0 bridgehead atoms. The van der Waals surface area contributed by atoms with Crippen LogP contribution in [0.25, 0.3) is 0 Å². The maximum absolute atomic E-state index is 13.6. The lowest BCUT2D eigenvalue weighted by atomic mass is 9.95. The molecule has 1 fully saturated rings. The molecule has 9 heteroatoms. The minimum atomic E-state index is -4.58. The van der Waals surface area contributed by atoms with E-state index in [1.165, 1.54) is 0 Å². The van der Waals surface area contributed by atoms with Crippen molar-refractivity contribution in [2.24, 2.45) is 5.92 Å². The minimum Gasteiger partial charge on any atom is -0.298 e. The molecule has 3 heterocycles. The average Bonchev–Trinajstić information content (AvgIpc) is 3.13. The van der Waals surface area contributed by atoms with Crippen LogP contribution in [-0.4, -0.2) is 46.5 Å². The summed E-state index contributed by atoms with van der Waals surface area (Å²) in [6, 6.07) is 8.93. The molecule has 1 saturated heterocycles. The van der Waals surface area contributed by atoms with Gasteiger partial charge in [-0.2, -0.15) is 13.2 Å². The van der Waals surface area contributed by atoms with E-state index in [-0.39, 0.29) is 6.54 Å². The number of aromatic nitrogens is 1. The number of benzene rings is 1. The van der Waals surface area contributed by atoms with Gasteiger partial charge in [0, 0.05) is 51.2 Å². The van der Waals surface area contributed by atoms with Crippen molar-refractivity contribution >= 4 is 5.91 Å². The predicted molar refractivity (Wildman–Crippen MR) is 105 cm³/mol. The number of carbonyl (C=O) groups is 1. The first kappa shape index (κ1) is 20.8. The highest BCUT2D eigenvalue weighted by Gasteiger charge is 2.53. The molecule has 160 valence electrons. The lowest BCUT2D eigenvalue weighted by Gasteiger charge is -2.38. The Bertz CT molecular complexity index is 905. The van der Waals surface area contributed by atoms with Crippen LogP contribution in [0.2, 0.25) is 0 Å². The number of halogens is 3. The fourth-order valence-corrected chi connectivity index (χ4v) is 4.37. The van der Waals surface area contributed by atoms with Crippen LogP contribution in [0.5, 0.6) is 0 Å². The first-order chi connectivity index (χ1) is 14.3. The van der Waals surface area contributed by atoms with Gasteiger partial charge in [0.2, 0.25) is 5.91 Å². The largest absolute Gasteiger partial charge is 0.402 e. The van der Waals surface area contributed by atoms with Crippen molar-refractivity contribution in [1.82, 2.24) is 25.6 Å². The second kappa shape index (κ2) is 8.33. The zero-order chi connectivity index (χ0) is 21.3. The van der Waals surface area contributed by atoms with E-state index in [1.807, 2.05) is 37.4 Å². The van der Waals surface area contributed by atoms with E-state index in [1.54, 1.807) is 17.3 Å². The molecule has 2 aliphatic rings. The minimum absolute atomic E-state index is 0.0567. The molecule has 0 saturated carbocycles. The molecule has 1 amide bonds. The standard InChI is InChI=1S/C21H24F3N5O/c1-28(10-14-5-7-25-8-6-14)11-15-3-2-4-16-12-29(13-17(15)16)18-9-26-27-20(30)19(18)21(22,23)24/h2-8,18-19,26H,9-13H2,1H3,(H,27,30). The molecule has 2 aliphatic heterocycles. The van der Waals surface area contributed by atoms with E-state index < -0.39 is 24.0 Å². The van der Waals surface area contributed by atoms with Crippen LogP contribution in [0, 0.1) is 5.92 Å². The maximum Gasteiger partial charge on any atom is 0.402 e. The summed E-state index contributed by atoms with van der Waals surface area (Å²) < 4.78 is 40.7. The number of carbonyl (C=O) groups excluding carboxylic acids is 1. The molecule has 6 nitrogen and oxygen atoms in total. The number of fused-ring (bicyclic) bond motifs is 1. The van der Waals surface area contributed by atoms with Crippen molar-refractivity contribution in [2.45, 2.75) is 38.4 Å². The van der Waals surface area contributed by atoms with Crippen LogP contribution < -0.4 is 10.9 Å². The Morgan fingerprint density at radius 2 is 1.93 bits per heavy atom. The molecule has 2 aromatic rings. The number of pyridine rings is 1. The lowest BCUT2D eigenvalue weighted by Crippen LogP contribution is -2.63. The molecule has 0 spiro atoms. The van der Waals surface area contributed by atoms with Crippen LogP contribution >= 0.6 is 0 Å². The van der Waals surface area contributed by atoms with Gasteiger partial charge in [-0.05, 0) is 41.4 Å². The van der Waals surface area contributed by atoms with Gasteiger partial charge in [0.15, 0.2) is 5.92 Å². The van der Waals surface area contributed by atoms with Gasteiger partial charge in [0.25, 0.3) is 0 Å². The molecule has 1 aromatic heterocycles. The van der Waals surface area contributed by atoms with Gasteiger partial charge in [-0.3, -0.25) is 25.0 Å². The van der Waals surface area contributed by atoms with E-state index in [4.69, 9.17) is 0 Å². The Hall–Kier alpha value is -2.49. The van der Waals surface area contributed by atoms with Crippen molar-refractivity contribution in [3.8, 4) is 0 Å². The third-order valence-corrected chi connectivity index (χ3v) is 5.76. The SMILES string of the molecule is CN(Cc1ccncc1)Cc1cccc2c1CN(C1CNNC(=O)C1C(F)(F)F)C2. The fourth-order valence-electron chi connectivity index (χ4n) is 4.37. The summed E-state index contributed by atoms with van der Waals surface area (Å²) in [6.45, 7) is 2.30. The molecule has 2 unspecified atom stereocenters. The lowest BCUT2D eigenvalue weighted by molar-refractivity contribution is -0.201. The Morgan fingerprint density at radius 3 is 2.67 bits per heavy atom. The summed E-state index contributed by atoms with van der Waals surface area (Å²) in [5, 5.41) is 0. The molecule has 0 radical (unpaired) electrons. The molecule has 2 atom stereocenters. The third kappa shape index (κ3) is 4.33. The Kier molecular flexibility index (Phi) is 5.77. The first-order valence-corrected chi connectivity index (χ1v) is 9.83. The number of rotatable bonds is 5. The van der Waals surface area contributed by atoms with E-state index in [0.29, 0.717) is 19.6 Å². The molecule has 4 rings (SSSR count). The van der Waals surface area contributed by atoms with Gasteiger partial charge in [-0.1, -0.05) is 18.2 Å². The number of nitrogens with one attached hydrogen (secondary N) is 2. The summed E-state index contributed by atoms with van der Waals surface area (Å²) in [6.07, 6.45) is -1.07. The van der Waals surface area contributed by atoms with Crippen LogP contribution in [-0.2, 0) is 31.0 Å². The number of alkyl halides is 3. The molecular weight excluding hydrogens is 395 g/mol. The third-order valence-electron chi connectivity index (χ3n) is 5.76. The fraction of sp³-hybridized carbons (Fsp3) is 0.429. The van der Waals surface area contributed by atoms with Crippen LogP contribution in [0.1, 0.15) is 22.3 Å². The number of hydrogen-bond acceptors (Lipinski definition) is 5. The van der Waals surface area contributed by atoms with Crippen molar-refractivity contribution in [3.05, 3.63) is 65.0 Å². The van der Waals surface area contributed by atoms with Crippen LogP contribution in [0.4, 0.5) is 13.2 Å². The Balaban J connectivity index is 1.50. The van der Waals surface area contributed by atoms with E-state index >= 15 is 0 Å². The summed E-state index contributed by atoms with van der Waals surface area (Å²) in [5.41, 5.74) is 9.07. The average molecular weight is 419 g/mol. The number of hydrazine groups is 1. The summed E-state index contributed by atoms with van der Waals surface area (Å²) in [5.74, 6) is -3.06. The molecule has 1 aromatic carbocycles. The van der Waals surface area contributed by atoms with Gasteiger partial charge < -0.3 is 0 Å². The highest BCUT2D eigenvalue weighted by Crippen LogP contribution is 2.36. The highest BCUT2D eigenvalue weighted by atomic mass is 19.4. The van der Waals surface area contributed by atoms with Gasteiger partial charge in [0.1, 0.15) is 0 Å². The molecular formula is C21H24F3N5O. The van der Waals surface area contributed by atoms with Gasteiger partial charge >= 0.3 is 6.18 Å². The van der Waals surface area contributed by atoms with Gasteiger partial charge in [0.05, 0.1) is 0 Å². The van der Waals surface area contributed by atoms with E-state index in [0.717, 1.165) is 28.8 Å². The quantitative estimate of drug-likeness (QED) is 0.778. The summed E-state index contributed by atoms with van der Waals surface area (Å²) in [4.78, 5) is 19.9. The Morgan fingerprint density at radius 1 is 1.17 bits per heavy atom. The second-order valence-electron chi connectivity index (χ2n) is 7.94. The predicted octanol–water partition coefficient (Wildman–Crippen LogP) is 2.21. The van der Waals surface area contributed by atoms with Crippen molar-refractivity contribution in [1.29, 1.82) is 0 Å². The molecule has 2 N–H and O–H groups in total. The topological polar surface area (TPSA) is 60.5 Å². The van der Waals surface area contributed by atoms with Crippen LogP contribution in [0.3, 0.4) is 0 Å². The number of hydrogen-bond donors (Lipinski definition) is 2.